The highest BCUT2D eigenvalue weighted by Gasteiger charge is 2.63. The van der Waals surface area contributed by atoms with Gasteiger partial charge in [-0.05, 0) is 27.8 Å². The summed E-state index contributed by atoms with van der Waals surface area (Å²) in [7, 11) is 0. The number of aliphatic hydroxyl groups is 1. The van der Waals surface area contributed by atoms with Gasteiger partial charge in [-0.3, -0.25) is 4.84 Å². The largest absolute Gasteiger partial charge is 0.383 e. The van der Waals surface area contributed by atoms with Gasteiger partial charge in [0.05, 0.1) is 45.7 Å². The summed E-state index contributed by atoms with van der Waals surface area (Å²) >= 11 is 0. The maximum Gasteiger partial charge on any atom is 0.137 e. The summed E-state index contributed by atoms with van der Waals surface area (Å²) in [6.07, 6.45) is -2.19. The van der Waals surface area contributed by atoms with E-state index in [1.54, 1.807) is 0 Å². The molecule has 1 saturated carbocycles. The van der Waals surface area contributed by atoms with Gasteiger partial charge in [-0.1, -0.05) is 152 Å². The van der Waals surface area contributed by atoms with Crippen LogP contribution in [0.1, 0.15) is 27.8 Å². The molecule has 0 aromatic heterocycles. The minimum absolute atomic E-state index is 0.0515. The molecule has 0 saturated heterocycles. The zero-order valence-corrected chi connectivity index (χ0v) is 27.0. The summed E-state index contributed by atoms with van der Waals surface area (Å²) in [4.78, 5) is 6.11. The first-order chi connectivity index (χ1) is 23.7. The van der Waals surface area contributed by atoms with Gasteiger partial charge in [0.2, 0.25) is 0 Å². The summed E-state index contributed by atoms with van der Waals surface area (Å²) in [5.74, 6) is 0. The number of ether oxygens (including phenoxy) is 4. The first-order valence-electron chi connectivity index (χ1n) is 16.4. The Bertz CT molecular complexity index is 1610. The third-order valence-corrected chi connectivity index (χ3v) is 8.56. The lowest BCUT2D eigenvalue weighted by Gasteiger charge is -2.35. The molecule has 0 amide bonds. The summed E-state index contributed by atoms with van der Waals surface area (Å²) in [6.45, 7) is 1.43. The molecule has 7 heteroatoms. The Hall–Kier alpha value is -4.18. The third-order valence-electron chi connectivity index (χ3n) is 8.56. The monoisotopic (exact) mass is 645 g/mol. The quantitative estimate of drug-likeness (QED) is 0.108. The van der Waals surface area contributed by atoms with E-state index in [2.05, 4.69) is 5.48 Å². The van der Waals surface area contributed by atoms with Crippen molar-refractivity contribution in [3.05, 3.63) is 179 Å². The van der Waals surface area contributed by atoms with Gasteiger partial charge < -0.3 is 24.1 Å². The average molecular weight is 646 g/mol. The van der Waals surface area contributed by atoms with Crippen molar-refractivity contribution in [2.75, 3.05) is 6.61 Å². The number of nitrogens with one attached hydrogen (secondary N) is 1. The van der Waals surface area contributed by atoms with Gasteiger partial charge in [0, 0.05) is 0 Å². The van der Waals surface area contributed by atoms with E-state index >= 15 is 0 Å². The molecule has 0 spiro atoms. The fraction of sp³-hybridized carbons (Fsp3) is 0.268. The molecule has 0 unspecified atom stereocenters. The zero-order valence-electron chi connectivity index (χ0n) is 27.0. The fourth-order valence-electron chi connectivity index (χ4n) is 6.05. The summed E-state index contributed by atoms with van der Waals surface area (Å²) in [5, 5.41) is 12.8. The van der Waals surface area contributed by atoms with Crippen LogP contribution in [0.4, 0.5) is 0 Å². The molecule has 6 rings (SSSR count). The van der Waals surface area contributed by atoms with E-state index in [1.807, 2.05) is 152 Å². The maximum absolute atomic E-state index is 12.8. The molecule has 1 aliphatic rings. The van der Waals surface area contributed by atoms with E-state index in [9.17, 15) is 5.11 Å². The number of hydrogen-bond acceptors (Lipinski definition) is 7. The van der Waals surface area contributed by atoms with Crippen LogP contribution in [0.25, 0.3) is 0 Å². The van der Waals surface area contributed by atoms with Gasteiger partial charge in [0.25, 0.3) is 0 Å². The Balaban J connectivity index is 1.32. The lowest BCUT2D eigenvalue weighted by molar-refractivity contribution is -0.182. The lowest BCUT2D eigenvalue weighted by Crippen LogP contribution is -2.59. The molecule has 2 N–H and O–H groups in total. The molecule has 5 aromatic rings. The number of hydroxylamine groups is 1. The van der Waals surface area contributed by atoms with Crippen molar-refractivity contribution in [1.29, 1.82) is 0 Å². The van der Waals surface area contributed by atoms with E-state index in [0.717, 1.165) is 27.8 Å². The van der Waals surface area contributed by atoms with Crippen LogP contribution in [0, 0.1) is 0 Å². The standard InChI is InChI=1S/C41H43NO6/c43-41(31-44-26-32-16-6-1-7-17-32)39(42-48-30-36-24-14-5-15-25-36)37(45-27-33-18-8-2-9-19-33)38(46-28-34-20-10-3-11-21-34)40(41)47-29-35-22-12-4-13-23-35/h1-25,37-40,42-43H,26-31H2/t37-,38-,39+,40+,41-/m1/s1. The second-order valence-corrected chi connectivity index (χ2v) is 12.1. The van der Waals surface area contributed by atoms with E-state index < -0.39 is 30.0 Å². The van der Waals surface area contributed by atoms with Crippen LogP contribution in [-0.4, -0.2) is 41.7 Å². The molecule has 0 aliphatic heterocycles. The number of benzene rings is 5. The molecule has 0 bridgehead atoms. The normalized spacial score (nSPS) is 22.1. The number of hydrogen-bond donors (Lipinski definition) is 2. The molecule has 5 atom stereocenters. The highest BCUT2D eigenvalue weighted by atomic mass is 16.7. The first-order valence-corrected chi connectivity index (χ1v) is 16.4. The zero-order chi connectivity index (χ0) is 32.9. The van der Waals surface area contributed by atoms with Gasteiger partial charge in [0.1, 0.15) is 23.9 Å². The Morgan fingerprint density at radius 2 is 0.833 bits per heavy atom. The van der Waals surface area contributed by atoms with Crippen LogP contribution in [0.3, 0.4) is 0 Å². The van der Waals surface area contributed by atoms with Crippen LogP contribution in [0.15, 0.2) is 152 Å². The Morgan fingerprint density at radius 1 is 0.458 bits per heavy atom. The molecule has 248 valence electrons. The van der Waals surface area contributed by atoms with Gasteiger partial charge in [-0.15, -0.1) is 0 Å². The smallest absolute Gasteiger partial charge is 0.137 e. The summed E-state index contributed by atoms with van der Waals surface area (Å²) in [5.41, 5.74) is 6.56. The van der Waals surface area contributed by atoms with Crippen LogP contribution in [0.5, 0.6) is 0 Å². The molecule has 0 radical (unpaired) electrons. The number of rotatable bonds is 17. The predicted molar refractivity (Wildman–Crippen MR) is 184 cm³/mol. The van der Waals surface area contributed by atoms with E-state index in [-0.39, 0.29) is 19.8 Å². The lowest BCUT2D eigenvalue weighted by atomic mass is 9.96. The van der Waals surface area contributed by atoms with Gasteiger partial charge in [0.15, 0.2) is 0 Å². The summed E-state index contributed by atoms with van der Waals surface area (Å²) < 4.78 is 26.3. The van der Waals surface area contributed by atoms with Crippen LogP contribution < -0.4 is 5.48 Å². The van der Waals surface area contributed by atoms with Crippen molar-refractivity contribution in [2.45, 2.75) is 63.0 Å². The van der Waals surface area contributed by atoms with E-state index in [4.69, 9.17) is 23.8 Å². The molecular formula is C41H43NO6. The van der Waals surface area contributed by atoms with Crippen LogP contribution >= 0.6 is 0 Å². The van der Waals surface area contributed by atoms with Crippen molar-refractivity contribution >= 4 is 0 Å². The summed E-state index contributed by atoms with van der Waals surface area (Å²) in [6, 6.07) is 48.9. The SMILES string of the molecule is O[C@]1(COCc2ccccc2)[C@@H](NOCc2ccccc2)[C@H](OCc2ccccc2)[C@@H](OCc2ccccc2)[C@@H]1OCc1ccccc1. The molecule has 1 aliphatic carbocycles. The van der Waals surface area contributed by atoms with Crippen LogP contribution in [0.2, 0.25) is 0 Å². The Kier molecular flexibility index (Phi) is 12.1. The van der Waals surface area contributed by atoms with Gasteiger partial charge in [-0.2, -0.15) is 5.48 Å². The van der Waals surface area contributed by atoms with Crippen LogP contribution in [-0.2, 0) is 56.8 Å². The maximum atomic E-state index is 12.8. The highest BCUT2D eigenvalue weighted by Crippen LogP contribution is 2.39. The fourth-order valence-corrected chi connectivity index (χ4v) is 6.05. The van der Waals surface area contributed by atoms with E-state index in [0.29, 0.717) is 19.8 Å². The average Bonchev–Trinajstić information content (AvgIpc) is 3.36. The second-order valence-electron chi connectivity index (χ2n) is 12.1. The molecule has 48 heavy (non-hydrogen) atoms. The molecular weight excluding hydrogens is 602 g/mol. The minimum atomic E-state index is -1.61. The topological polar surface area (TPSA) is 78.4 Å². The van der Waals surface area contributed by atoms with Crippen molar-refractivity contribution < 1.29 is 28.9 Å². The van der Waals surface area contributed by atoms with Crippen molar-refractivity contribution in [2.24, 2.45) is 0 Å². The van der Waals surface area contributed by atoms with Gasteiger partial charge >= 0.3 is 0 Å². The highest BCUT2D eigenvalue weighted by molar-refractivity contribution is 5.20. The molecule has 5 aromatic carbocycles. The van der Waals surface area contributed by atoms with Gasteiger partial charge in [-0.25, -0.2) is 0 Å². The second kappa shape index (κ2) is 17.3. The van der Waals surface area contributed by atoms with E-state index in [1.165, 1.54) is 0 Å². The predicted octanol–water partition coefficient (Wildman–Crippen LogP) is 6.79. The molecule has 7 nitrogen and oxygen atoms in total. The Labute approximate surface area is 283 Å². The van der Waals surface area contributed by atoms with Crippen molar-refractivity contribution in [3.63, 3.8) is 0 Å². The molecule has 0 heterocycles. The Morgan fingerprint density at radius 3 is 1.29 bits per heavy atom. The minimum Gasteiger partial charge on any atom is -0.383 e. The first kappa shape index (κ1) is 33.7. The third kappa shape index (κ3) is 9.04. The van der Waals surface area contributed by atoms with Crippen molar-refractivity contribution in [1.82, 2.24) is 5.48 Å². The van der Waals surface area contributed by atoms with Crippen molar-refractivity contribution in [3.8, 4) is 0 Å². The molecule has 1 fully saturated rings.